The largest absolute Gasteiger partial charge is 0.490 e. The molecule has 0 spiro atoms. The number of aliphatic imine (C=N–C) groups is 1. The molecule has 1 aromatic carbocycles. The summed E-state index contributed by atoms with van der Waals surface area (Å²) in [5.41, 5.74) is 0.937. The zero-order valence-corrected chi connectivity index (χ0v) is 18.7. The molecule has 0 saturated heterocycles. The number of rotatable bonds is 7. The quantitative estimate of drug-likeness (QED) is 0.248. The highest BCUT2D eigenvalue weighted by molar-refractivity contribution is 14.0. The number of aromatic nitrogens is 1. The molecule has 0 bridgehead atoms. The second-order valence-corrected chi connectivity index (χ2v) is 6.41. The van der Waals surface area contributed by atoms with Gasteiger partial charge >= 0.3 is 0 Å². The van der Waals surface area contributed by atoms with Gasteiger partial charge in [-0.2, -0.15) is 0 Å². The van der Waals surface area contributed by atoms with Gasteiger partial charge in [0.15, 0.2) is 11.7 Å². The van der Waals surface area contributed by atoms with Crippen molar-refractivity contribution in [2.45, 2.75) is 26.3 Å². The zero-order chi connectivity index (χ0) is 18.2. The first kappa shape index (κ1) is 22.9. The fraction of sp³-hybridized carbons (Fsp3) is 0.412. The van der Waals surface area contributed by atoms with Gasteiger partial charge in [-0.05, 0) is 18.1 Å². The number of ether oxygens (including phenoxy) is 1. The van der Waals surface area contributed by atoms with Gasteiger partial charge in [-0.25, -0.2) is 0 Å². The van der Waals surface area contributed by atoms with Gasteiger partial charge in [0.05, 0.1) is 23.8 Å². The molecule has 1 aromatic heterocycles. The van der Waals surface area contributed by atoms with E-state index in [1.54, 1.807) is 25.2 Å². The molecule has 6 nitrogen and oxygen atoms in total. The average Bonchev–Trinajstić information content (AvgIpc) is 3.07. The topological polar surface area (TPSA) is 71.7 Å². The highest BCUT2D eigenvalue weighted by Crippen LogP contribution is 2.31. The molecule has 0 aliphatic carbocycles. The number of guanidine groups is 1. The fourth-order valence-corrected chi connectivity index (χ4v) is 2.35. The number of hydrogen-bond acceptors (Lipinski definition) is 4. The highest BCUT2D eigenvalue weighted by atomic mass is 127. The minimum absolute atomic E-state index is 0. The Morgan fingerprint density at radius 3 is 2.73 bits per heavy atom. The van der Waals surface area contributed by atoms with Gasteiger partial charge in [0.2, 0.25) is 0 Å². The van der Waals surface area contributed by atoms with Crippen LogP contribution in [0.2, 0.25) is 10.0 Å². The monoisotopic (exact) mass is 512 g/mol. The molecule has 0 saturated carbocycles. The molecule has 2 aromatic rings. The van der Waals surface area contributed by atoms with Gasteiger partial charge in [0, 0.05) is 13.1 Å². The molecule has 2 rings (SSSR count). The van der Waals surface area contributed by atoms with Gasteiger partial charge in [-0.3, -0.25) is 4.99 Å². The SMILES string of the molecule is CN=C(NCCOc1cccc(Cl)c1Cl)NCc1cc(C(C)C)no1.I. The first-order valence-corrected chi connectivity index (χ1v) is 8.73. The van der Waals surface area contributed by atoms with Crippen molar-refractivity contribution in [3.8, 4) is 5.75 Å². The molecule has 1 heterocycles. The van der Waals surface area contributed by atoms with E-state index in [9.17, 15) is 0 Å². The van der Waals surface area contributed by atoms with Crippen LogP contribution >= 0.6 is 47.2 Å². The molecular formula is C17H23Cl2IN4O2. The maximum Gasteiger partial charge on any atom is 0.191 e. The summed E-state index contributed by atoms with van der Waals surface area (Å²) in [6.07, 6.45) is 0. The third-order valence-corrected chi connectivity index (χ3v) is 4.19. The molecular weight excluding hydrogens is 490 g/mol. The maximum atomic E-state index is 6.07. The minimum Gasteiger partial charge on any atom is -0.490 e. The smallest absolute Gasteiger partial charge is 0.191 e. The zero-order valence-electron chi connectivity index (χ0n) is 14.9. The Hall–Kier alpha value is -1.19. The van der Waals surface area contributed by atoms with Crippen LogP contribution < -0.4 is 15.4 Å². The molecule has 144 valence electrons. The van der Waals surface area contributed by atoms with Crippen LogP contribution in [0.5, 0.6) is 5.75 Å². The van der Waals surface area contributed by atoms with Crippen molar-refractivity contribution in [3.05, 3.63) is 45.8 Å². The van der Waals surface area contributed by atoms with Gasteiger partial charge in [0.1, 0.15) is 17.4 Å². The predicted octanol–water partition coefficient (Wildman–Crippen LogP) is 4.47. The Balaban J connectivity index is 0.00000338. The summed E-state index contributed by atoms with van der Waals surface area (Å²) in [4.78, 5) is 4.15. The van der Waals surface area contributed by atoms with E-state index in [1.165, 1.54) is 0 Å². The lowest BCUT2D eigenvalue weighted by Gasteiger charge is -2.12. The summed E-state index contributed by atoms with van der Waals surface area (Å²) < 4.78 is 10.9. The molecule has 9 heteroatoms. The number of halogens is 3. The van der Waals surface area contributed by atoms with Crippen molar-refractivity contribution < 1.29 is 9.26 Å². The second kappa shape index (κ2) is 11.5. The van der Waals surface area contributed by atoms with E-state index in [-0.39, 0.29) is 24.0 Å². The lowest BCUT2D eigenvalue weighted by Crippen LogP contribution is -2.38. The normalized spacial score (nSPS) is 11.2. The summed E-state index contributed by atoms with van der Waals surface area (Å²) >= 11 is 12.0. The summed E-state index contributed by atoms with van der Waals surface area (Å²) in [7, 11) is 1.70. The van der Waals surface area contributed by atoms with Crippen molar-refractivity contribution in [1.29, 1.82) is 0 Å². The van der Waals surface area contributed by atoms with E-state index < -0.39 is 0 Å². The van der Waals surface area contributed by atoms with Gasteiger partial charge < -0.3 is 19.9 Å². The maximum absolute atomic E-state index is 6.07. The molecule has 0 aliphatic heterocycles. The third-order valence-electron chi connectivity index (χ3n) is 3.39. The number of benzene rings is 1. The lowest BCUT2D eigenvalue weighted by molar-refractivity contribution is 0.322. The number of nitrogens with one attached hydrogen (secondary N) is 2. The summed E-state index contributed by atoms with van der Waals surface area (Å²) in [5.74, 6) is 2.30. The Bertz CT molecular complexity index is 723. The van der Waals surface area contributed by atoms with Crippen molar-refractivity contribution in [3.63, 3.8) is 0 Å². The van der Waals surface area contributed by atoms with Gasteiger partial charge in [0.25, 0.3) is 0 Å². The molecule has 0 amide bonds. The van der Waals surface area contributed by atoms with E-state index in [2.05, 4.69) is 34.6 Å². The van der Waals surface area contributed by atoms with E-state index in [4.69, 9.17) is 32.5 Å². The Morgan fingerprint density at radius 1 is 1.31 bits per heavy atom. The summed E-state index contributed by atoms with van der Waals surface area (Å²) in [5, 5.41) is 11.2. The van der Waals surface area contributed by atoms with E-state index in [0.717, 1.165) is 11.5 Å². The van der Waals surface area contributed by atoms with Crippen molar-refractivity contribution in [2.24, 2.45) is 4.99 Å². The van der Waals surface area contributed by atoms with Crippen molar-refractivity contribution in [2.75, 3.05) is 20.2 Å². The molecule has 26 heavy (non-hydrogen) atoms. The molecule has 0 aliphatic rings. The average molecular weight is 513 g/mol. The van der Waals surface area contributed by atoms with Crippen LogP contribution in [0, 0.1) is 0 Å². The Morgan fingerprint density at radius 2 is 2.08 bits per heavy atom. The van der Waals surface area contributed by atoms with Crippen molar-refractivity contribution in [1.82, 2.24) is 15.8 Å². The number of nitrogens with zero attached hydrogens (tertiary/aromatic N) is 2. The van der Waals surface area contributed by atoms with Gasteiger partial charge in [-0.15, -0.1) is 24.0 Å². The third kappa shape index (κ3) is 6.85. The standard InChI is InChI=1S/C17H22Cl2N4O2.HI/c1-11(2)14-9-12(25-23-14)10-22-17(20-3)21-7-8-24-15-6-4-5-13(18)16(15)19;/h4-6,9,11H,7-8,10H2,1-3H3,(H2,20,21,22);1H. The first-order valence-electron chi connectivity index (χ1n) is 7.98. The van der Waals surface area contributed by atoms with Crippen LogP contribution in [-0.4, -0.2) is 31.3 Å². The van der Waals surface area contributed by atoms with Crippen LogP contribution in [0.1, 0.15) is 31.2 Å². The second-order valence-electron chi connectivity index (χ2n) is 5.63. The van der Waals surface area contributed by atoms with Crippen LogP contribution in [0.3, 0.4) is 0 Å². The lowest BCUT2D eigenvalue weighted by atomic mass is 10.1. The van der Waals surface area contributed by atoms with Crippen LogP contribution in [0.4, 0.5) is 0 Å². The molecule has 0 radical (unpaired) electrons. The molecule has 2 N–H and O–H groups in total. The van der Waals surface area contributed by atoms with Gasteiger partial charge in [-0.1, -0.05) is 48.3 Å². The Kier molecular flexibility index (Phi) is 10.1. The summed E-state index contributed by atoms with van der Waals surface area (Å²) in [6, 6.07) is 7.22. The molecule has 0 fully saturated rings. The van der Waals surface area contributed by atoms with Crippen LogP contribution in [-0.2, 0) is 6.54 Å². The first-order chi connectivity index (χ1) is 12.0. The molecule has 0 unspecified atom stereocenters. The van der Waals surface area contributed by atoms with Crippen molar-refractivity contribution >= 4 is 53.1 Å². The number of hydrogen-bond donors (Lipinski definition) is 2. The summed E-state index contributed by atoms with van der Waals surface area (Å²) in [6.45, 7) is 5.61. The van der Waals surface area contributed by atoms with Crippen LogP contribution in [0.15, 0.2) is 33.8 Å². The highest BCUT2D eigenvalue weighted by Gasteiger charge is 2.08. The van der Waals surface area contributed by atoms with Crippen LogP contribution in [0.25, 0.3) is 0 Å². The Labute approximate surface area is 180 Å². The van der Waals surface area contributed by atoms with E-state index in [1.807, 2.05) is 6.07 Å². The van der Waals surface area contributed by atoms with E-state index >= 15 is 0 Å². The minimum atomic E-state index is 0. The predicted molar refractivity (Wildman–Crippen MR) is 116 cm³/mol. The molecule has 0 atom stereocenters. The van der Waals surface area contributed by atoms with E-state index in [0.29, 0.717) is 47.4 Å². The fourth-order valence-electron chi connectivity index (χ4n) is 2.00.